The molecule has 1 saturated heterocycles. The molecular formula is C17H18ClN9. The van der Waals surface area contributed by atoms with Crippen LogP contribution in [0, 0.1) is 0 Å². The predicted molar refractivity (Wildman–Crippen MR) is 101 cm³/mol. The van der Waals surface area contributed by atoms with Crippen LogP contribution in [0.5, 0.6) is 0 Å². The van der Waals surface area contributed by atoms with Crippen LogP contribution in [0.25, 0.3) is 0 Å². The van der Waals surface area contributed by atoms with Gasteiger partial charge in [0.15, 0.2) is 12.0 Å². The molecule has 1 N–H and O–H groups in total. The minimum atomic E-state index is -0.152. The Morgan fingerprint density at radius 2 is 2.15 bits per heavy atom. The summed E-state index contributed by atoms with van der Waals surface area (Å²) in [5, 5.41) is 16.1. The lowest BCUT2D eigenvalue weighted by Gasteiger charge is -2.42. The van der Waals surface area contributed by atoms with Gasteiger partial charge in [0.1, 0.15) is 18.7 Å². The molecule has 10 heteroatoms. The van der Waals surface area contributed by atoms with Crippen LogP contribution in [-0.2, 0) is 0 Å². The van der Waals surface area contributed by atoms with Gasteiger partial charge in [-0.15, -0.1) is 9.89 Å². The summed E-state index contributed by atoms with van der Waals surface area (Å²) in [5.41, 5.74) is 3.30. The van der Waals surface area contributed by atoms with Crippen molar-refractivity contribution in [2.24, 2.45) is 4.99 Å². The third kappa shape index (κ3) is 2.12. The molecule has 4 aliphatic rings. The lowest BCUT2D eigenvalue weighted by atomic mass is 10.1. The van der Waals surface area contributed by atoms with Crippen LogP contribution < -0.4 is 15.3 Å². The van der Waals surface area contributed by atoms with Gasteiger partial charge in [0.2, 0.25) is 0 Å². The maximum atomic E-state index is 6.34. The molecule has 2 aromatic rings. The van der Waals surface area contributed by atoms with E-state index >= 15 is 0 Å². The highest BCUT2D eigenvalue weighted by atomic mass is 35.5. The summed E-state index contributed by atoms with van der Waals surface area (Å²) in [6.45, 7) is 1.60. The fourth-order valence-electron chi connectivity index (χ4n) is 4.28. The number of aliphatic imine (C=N–C) groups is 1. The molecule has 0 aliphatic carbocycles. The van der Waals surface area contributed by atoms with Gasteiger partial charge in [-0.3, -0.25) is 4.42 Å². The zero-order chi connectivity index (χ0) is 18.0. The SMILES string of the molecule is ClN1C=C2N(C1)c1ccccc1C1N=CN(n3nncc3C3CCCN3)N21. The van der Waals surface area contributed by atoms with Gasteiger partial charge < -0.3 is 10.2 Å². The fourth-order valence-corrected chi connectivity index (χ4v) is 4.47. The summed E-state index contributed by atoms with van der Waals surface area (Å²) in [4.78, 5) is 8.79. The number of nitrogens with one attached hydrogen (secondary N) is 1. The van der Waals surface area contributed by atoms with Gasteiger partial charge in [0.25, 0.3) is 0 Å². The number of hydrogen-bond donors (Lipinski definition) is 1. The second-order valence-electron chi connectivity index (χ2n) is 7.02. The summed E-state index contributed by atoms with van der Waals surface area (Å²) < 4.78 is 1.66. The third-order valence-electron chi connectivity index (χ3n) is 5.48. The maximum absolute atomic E-state index is 6.34. The van der Waals surface area contributed by atoms with Gasteiger partial charge in [-0.25, -0.2) is 10.0 Å². The minimum Gasteiger partial charge on any atom is -0.309 e. The van der Waals surface area contributed by atoms with Crippen molar-refractivity contribution < 1.29 is 0 Å². The Morgan fingerprint density at radius 1 is 1.22 bits per heavy atom. The number of benzene rings is 1. The van der Waals surface area contributed by atoms with Crippen LogP contribution in [0.3, 0.4) is 0 Å². The summed E-state index contributed by atoms with van der Waals surface area (Å²) in [6, 6.07) is 8.56. The number of halogens is 1. The summed E-state index contributed by atoms with van der Waals surface area (Å²) in [7, 11) is 0. The Labute approximate surface area is 161 Å². The Balaban J connectivity index is 1.45. The number of para-hydroxylation sites is 1. The van der Waals surface area contributed by atoms with Crippen LogP contribution in [0.2, 0.25) is 0 Å². The minimum absolute atomic E-state index is 0.152. The molecule has 6 rings (SSSR count). The lowest BCUT2D eigenvalue weighted by Crippen LogP contribution is -2.52. The monoisotopic (exact) mass is 383 g/mol. The highest BCUT2D eigenvalue weighted by molar-refractivity contribution is 6.14. The van der Waals surface area contributed by atoms with Crippen molar-refractivity contribution in [2.75, 3.05) is 23.2 Å². The van der Waals surface area contributed by atoms with E-state index in [9.17, 15) is 0 Å². The van der Waals surface area contributed by atoms with Crippen LogP contribution in [0.4, 0.5) is 5.69 Å². The zero-order valence-corrected chi connectivity index (χ0v) is 15.2. The molecular weight excluding hydrogens is 366 g/mol. The van der Waals surface area contributed by atoms with Crippen molar-refractivity contribution >= 4 is 23.8 Å². The Morgan fingerprint density at radius 3 is 3.04 bits per heavy atom. The van der Waals surface area contributed by atoms with E-state index in [2.05, 4.69) is 37.7 Å². The van der Waals surface area contributed by atoms with Crippen molar-refractivity contribution in [3.05, 3.63) is 53.7 Å². The zero-order valence-electron chi connectivity index (χ0n) is 14.5. The largest absolute Gasteiger partial charge is 0.309 e. The van der Waals surface area contributed by atoms with E-state index in [1.807, 2.05) is 40.8 Å². The van der Waals surface area contributed by atoms with E-state index in [0.717, 1.165) is 42.2 Å². The molecule has 1 aromatic heterocycles. The van der Waals surface area contributed by atoms with Gasteiger partial charge >= 0.3 is 0 Å². The summed E-state index contributed by atoms with van der Waals surface area (Å²) in [5.74, 6) is 0.965. The predicted octanol–water partition coefficient (Wildman–Crippen LogP) is 1.64. The molecule has 9 nitrogen and oxygen atoms in total. The summed E-state index contributed by atoms with van der Waals surface area (Å²) in [6.07, 6.45) is 7.65. The van der Waals surface area contributed by atoms with Gasteiger partial charge in [0, 0.05) is 17.3 Å². The van der Waals surface area contributed by atoms with Crippen LogP contribution in [0.15, 0.2) is 47.5 Å². The molecule has 1 fully saturated rings. The van der Waals surface area contributed by atoms with Gasteiger partial charge in [-0.05, 0) is 30.7 Å². The molecule has 0 bridgehead atoms. The molecule has 5 heterocycles. The Kier molecular flexibility index (Phi) is 3.18. The van der Waals surface area contributed by atoms with Gasteiger partial charge in [0.05, 0.1) is 24.1 Å². The standard InChI is InChI=1S/C17H18ClN9/c18-23-9-16-24(11-23)14-6-2-1-4-12(14)17-20-10-25(26(16)17)27-15(8-21-22-27)13-5-3-7-19-13/h1-2,4,6,8-10,13,17,19H,3,5,7,11H2. The normalized spacial score (nSPS) is 25.7. The number of anilines is 1. The first kappa shape index (κ1) is 15.3. The van der Waals surface area contributed by atoms with Crippen molar-refractivity contribution in [2.45, 2.75) is 25.0 Å². The lowest BCUT2D eigenvalue weighted by molar-refractivity contribution is 0.221. The van der Waals surface area contributed by atoms with Crippen LogP contribution in [0.1, 0.15) is 36.3 Å². The first-order chi connectivity index (χ1) is 13.3. The molecule has 0 amide bonds. The van der Waals surface area contributed by atoms with E-state index < -0.39 is 0 Å². The van der Waals surface area contributed by atoms with Crippen molar-refractivity contribution in [1.29, 1.82) is 0 Å². The second kappa shape index (κ2) is 5.61. The fraction of sp³-hybridized carbons (Fsp3) is 0.353. The quantitative estimate of drug-likeness (QED) is 0.791. The maximum Gasteiger partial charge on any atom is 0.173 e. The molecule has 0 saturated carbocycles. The smallest absolute Gasteiger partial charge is 0.173 e. The number of hydrogen-bond acceptors (Lipinski definition) is 8. The van der Waals surface area contributed by atoms with E-state index in [-0.39, 0.29) is 12.2 Å². The van der Waals surface area contributed by atoms with Crippen molar-refractivity contribution in [1.82, 2.24) is 29.8 Å². The topological polar surface area (TPSA) is 68.1 Å². The molecule has 4 aliphatic heterocycles. The molecule has 0 radical (unpaired) electrons. The molecule has 2 unspecified atom stereocenters. The average Bonchev–Trinajstić information content (AvgIpc) is 3.44. The number of fused-ring (bicyclic) bond motifs is 6. The summed E-state index contributed by atoms with van der Waals surface area (Å²) >= 11 is 6.34. The van der Waals surface area contributed by atoms with Gasteiger partial charge in [-0.2, -0.15) is 5.12 Å². The average molecular weight is 384 g/mol. The third-order valence-corrected chi connectivity index (χ3v) is 5.69. The van der Waals surface area contributed by atoms with E-state index in [1.165, 1.54) is 0 Å². The van der Waals surface area contributed by atoms with Crippen molar-refractivity contribution in [3.8, 4) is 0 Å². The first-order valence-electron chi connectivity index (χ1n) is 9.08. The van der Waals surface area contributed by atoms with Gasteiger partial charge in [-0.1, -0.05) is 18.2 Å². The molecule has 138 valence electrons. The Hall–Kier alpha value is -2.78. The van der Waals surface area contributed by atoms with E-state index in [1.54, 1.807) is 4.42 Å². The molecule has 27 heavy (non-hydrogen) atoms. The van der Waals surface area contributed by atoms with E-state index in [0.29, 0.717) is 6.67 Å². The highest BCUT2D eigenvalue weighted by Crippen LogP contribution is 2.45. The molecule has 1 aromatic carbocycles. The second-order valence-corrected chi connectivity index (χ2v) is 7.45. The molecule has 2 atom stereocenters. The first-order valence-corrected chi connectivity index (χ1v) is 9.42. The number of aromatic nitrogens is 3. The highest BCUT2D eigenvalue weighted by Gasteiger charge is 2.44. The number of rotatable bonds is 2. The number of nitrogens with zero attached hydrogens (tertiary/aromatic N) is 8. The van der Waals surface area contributed by atoms with Crippen LogP contribution in [-0.4, -0.2) is 44.1 Å². The van der Waals surface area contributed by atoms with Crippen molar-refractivity contribution in [3.63, 3.8) is 0 Å². The number of hydrazine groups is 1. The van der Waals surface area contributed by atoms with Crippen LogP contribution >= 0.6 is 11.8 Å². The molecule has 0 spiro atoms. The Bertz CT molecular complexity index is 947. The van der Waals surface area contributed by atoms with E-state index in [4.69, 9.17) is 16.8 Å².